The zero-order valence-corrected chi connectivity index (χ0v) is 13.1. The Kier molecular flexibility index (Phi) is 4.87. The fraction of sp³-hybridized carbons (Fsp3) is 0.238. The SMILES string of the molecule is Cc1ccc2cccc(CCCOCc3ccccc3)c2c1. The van der Waals surface area contributed by atoms with Gasteiger partial charge in [0, 0.05) is 6.61 Å². The van der Waals surface area contributed by atoms with Crippen LogP contribution in [0, 0.1) is 6.92 Å². The standard InChI is InChI=1S/C21H22O/c1-17-12-13-20-10-5-9-19(21(20)15-17)11-6-14-22-16-18-7-3-2-4-8-18/h2-5,7-10,12-13,15H,6,11,14,16H2,1H3. The van der Waals surface area contributed by atoms with E-state index in [0.717, 1.165) is 19.4 Å². The molecule has 0 aliphatic rings. The average Bonchev–Trinajstić information content (AvgIpc) is 2.56. The van der Waals surface area contributed by atoms with Crippen molar-refractivity contribution in [2.75, 3.05) is 6.61 Å². The molecular weight excluding hydrogens is 268 g/mol. The number of ether oxygens (including phenoxy) is 1. The molecule has 3 aromatic carbocycles. The van der Waals surface area contributed by atoms with E-state index in [4.69, 9.17) is 4.74 Å². The molecule has 0 radical (unpaired) electrons. The Bertz CT molecular complexity index is 731. The quantitative estimate of drug-likeness (QED) is 0.560. The van der Waals surface area contributed by atoms with E-state index in [1.165, 1.54) is 27.5 Å². The molecule has 0 saturated heterocycles. The molecule has 0 bridgehead atoms. The van der Waals surface area contributed by atoms with Gasteiger partial charge >= 0.3 is 0 Å². The van der Waals surface area contributed by atoms with E-state index >= 15 is 0 Å². The third-order valence-electron chi connectivity index (χ3n) is 3.97. The maximum atomic E-state index is 5.78. The van der Waals surface area contributed by atoms with E-state index in [1.807, 2.05) is 6.07 Å². The Morgan fingerprint density at radius 3 is 2.59 bits per heavy atom. The summed E-state index contributed by atoms with van der Waals surface area (Å²) in [5, 5.41) is 2.71. The van der Waals surface area contributed by atoms with Crippen molar-refractivity contribution in [2.45, 2.75) is 26.4 Å². The number of fused-ring (bicyclic) bond motifs is 1. The van der Waals surface area contributed by atoms with Crippen molar-refractivity contribution in [3.63, 3.8) is 0 Å². The van der Waals surface area contributed by atoms with E-state index in [1.54, 1.807) is 0 Å². The molecule has 0 aliphatic carbocycles. The molecule has 0 aromatic heterocycles. The van der Waals surface area contributed by atoms with Gasteiger partial charge in [-0.2, -0.15) is 0 Å². The first-order chi connectivity index (χ1) is 10.8. The second-order valence-corrected chi connectivity index (χ2v) is 5.78. The highest BCUT2D eigenvalue weighted by Gasteiger charge is 2.01. The van der Waals surface area contributed by atoms with Gasteiger partial charge in [-0.05, 0) is 41.7 Å². The van der Waals surface area contributed by atoms with Gasteiger partial charge in [-0.1, -0.05) is 72.3 Å². The summed E-state index contributed by atoms with van der Waals surface area (Å²) >= 11 is 0. The predicted molar refractivity (Wildman–Crippen MR) is 93.1 cm³/mol. The summed E-state index contributed by atoms with van der Waals surface area (Å²) < 4.78 is 5.78. The molecule has 0 fully saturated rings. The first kappa shape index (κ1) is 14.8. The molecule has 0 saturated carbocycles. The van der Waals surface area contributed by atoms with Gasteiger partial charge in [-0.3, -0.25) is 0 Å². The Hall–Kier alpha value is -2.12. The molecule has 1 heteroatoms. The van der Waals surface area contributed by atoms with Crippen molar-refractivity contribution in [2.24, 2.45) is 0 Å². The number of benzene rings is 3. The van der Waals surface area contributed by atoms with Crippen LogP contribution in [0.1, 0.15) is 23.1 Å². The van der Waals surface area contributed by atoms with Crippen LogP contribution < -0.4 is 0 Å². The highest BCUT2D eigenvalue weighted by Crippen LogP contribution is 2.21. The van der Waals surface area contributed by atoms with Gasteiger partial charge in [-0.25, -0.2) is 0 Å². The fourth-order valence-corrected chi connectivity index (χ4v) is 2.80. The maximum Gasteiger partial charge on any atom is 0.0716 e. The molecule has 0 unspecified atom stereocenters. The van der Waals surface area contributed by atoms with Gasteiger partial charge in [0.05, 0.1) is 6.61 Å². The molecule has 3 aromatic rings. The van der Waals surface area contributed by atoms with Crippen molar-refractivity contribution in [3.05, 3.63) is 83.4 Å². The highest BCUT2D eigenvalue weighted by molar-refractivity contribution is 5.86. The number of hydrogen-bond acceptors (Lipinski definition) is 1. The Labute approximate surface area is 132 Å². The summed E-state index contributed by atoms with van der Waals surface area (Å²) in [4.78, 5) is 0. The topological polar surface area (TPSA) is 9.23 Å². The summed E-state index contributed by atoms with van der Waals surface area (Å²) in [6.45, 7) is 3.66. The third-order valence-corrected chi connectivity index (χ3v) is 3.97. The minimum atomic E-state index is 0.704. The zero-order chi connectivity index (χ0) is 15.2. The van der Waals surface area contributed by atoms with Crippen LogP contribution in [0.2, 0.25) is 0 Å². The lowest BCUT2D eigenvalue weighted by atomic mass is 9.99. The first-order valence-electron chi connectivity index (χ1n) is 7.93. The largest absolute Gasteiger partial charge is 0.377 e. The van der Waals surface area contributed by atoms with Crippen LogP contribution >= 0.6 is 0 Å². The van der Waals surface area contributed by atoms with Gasteiger partial charge in [0.15, 0.2) is 0 Å². The lowest BCUT2D eigenvalue weighted by Crippen LogP contribution is -1.98. The van der Waals surface area contributed by atoms with Crippen LogP contribution in [-0.4, -0.2) is 6.61 Å². The van der Waals surface area contributed by atoms with Crippen LogP contribution in [0.25, 0.3) is 10.8 Å². The van der Waals surface area contributed by atoms with E-state index in [0.29, 0.717) is 6.61 Å². The molecule has 3 rings (SSSR count). The van der Waals surface area contributed by atoms with Crippen molar-refractivity contribution in [3.8, 4) is 0 Å². The van der Waals surface area contributed by atoms with Gasteiger partial charge in [0.25, 0.3) is 0 Å². The molecular formula is C21H22O. The van der Waals surface area contributed by atoms with E-state index in [2.05, 4.69) is 67.6 Å². The lowest BCUT2D eigenvalue weighted by molar-refractivity contribution is 0.119. The van der Waals surface area contributed by atoms with Crippen molar-refractivity contribution < 1.29 is 4.74 Å². The molecule has 22 heavy (non-hydrogen) atoms. The highest BCUT2D eigenvalue weighted by atomic mass is 16.5. The minimum absolute atomic E-state index is 0.704. The second kappa shape index (κ2) is 7.24. The van der Waals surface area contributed by atoms with Gasteiger partial charge in [0.2, 0.25) is 0 Å². The van der Waals surface area contributed by atoms with Crippen LogP contribution in [-0.2, 0) is 17.8 Å². The van der Waals surface area contributed by atoms with Gasteiger partial charge in [-0.15, -0.1) is 0 Å². The van der Waals surface area contributed by atoms with Gasteiger partial charge < -0.3 is 4.74 Å². The molecule has 0 aliphatic heterocycles. The molecule has 1 nitrogen and oxygen atoms in total. The van der Waals surface area contributed by atoms with Crippen molar-refractivity contribution in [1.29, 1.82) is 0 Å². The van der Waals surface area contributed by atoms with Gasteiger partial charge in [0.1, 0.15) is 0 Å². The average molecular weight is 290 g/mol. The number of rotatable bonds is 6. The summed E-state index contributed by atoms with van der Waals surface area (Å²) in [7, 11) is 0. The molecule has 0 N–H and O–H groups in total. The summed E-state index contributed by atoms with van der Waals surface area (Å²) in [5.41, 5.74) is 3.98. The van der Waals surface area contributed by atoms with E-state index in [9.17, 15) is 0 Å². The monoisotopic (exact) mass is 290 g/mol. The Morgan fingerprint density at radius 1 is 0.864 bits per heavy atom. The number of aryl methyl sites for hydroxylation is 2. The molecule has 0 amide bonds. The van der Waals surface area contributed by atoms with E-state index < -0.39 is 0 Å². The molecule has 0 atom stereocenters. The van der Waals surface area contributed by atoms with Crippen LogP contribution in [0.4, 0.5) is 0 Å². The smallest absolute Gasteiger partial charge is 0.0716 e. The predicted octanol–water partition coefficient (Wildman–Crippen LogP) is 5.30. The minimum Gasteiger partial charge on any atom is -0.377 e. The number of hydrogen-bond donors (Lipinski definition) is 0. The van der Waals surface area contributed by atoms with Crippen LogP contribution in [0.15, 0.2) is 66.7 Å². The molecule has 0 heterocycles. The third kappa shape index (κ3) is 3.75. The summed E-state index contributed by atoms with van der Waals surface area (Å²) in [6, 6.07) is 23.6. The Morgan fingerprint density at radius 2 is 1.73 bits per heavy atom. The first-order valence-corrected chi connectivity index (χ1v) is 7.93. The maximum absolute atomic E-state index is 5.78. The van der Waals surface area contributed by atoms with Crippen LogP contribution in [0.3, 0.4) is 0 Å². The molecule has 112 valence electrons. The lowest BCUT2D eigenvalue weighted by Gasteiger charge is -2.08. The van der Waals surface area contributed by atoms with Crippen molar-refractivity contribution >= 4 is 10.8 Å². The zero-order valence-electron chi connectivity index (χ0n) is 13.1. The fourth-order valence-electron chi connectivity index (χ4n) is 2.80. The normalized spacial score (nSPS) is 11.0. The van der Waals surface area contributed by atoms with E-state index in [-0.39, 0.29) is 0 Å². The summed E-state index contributed by atoms with van der Waals surface area (Å²) in [6.07, 6.45) is 2.12. The summed E-state index contributed by atoms with van der Waals surface area (Å²) in [5.74, 6) is 0. The van der Waals surface area contributed by atoms with Crippen molar-refractivity contribution in [1.82, 2.24) is 0 Å². The van der Waals surface area contributed by atoms with Crippen LogP contribution in [0.5, 0.6) is 0 Å². The molecule has 0 spiro atoms. The Balaban J connectivity index is 1.55. The second-order valence-electron chi connectivity index (χ2n) is 5.78.